The Morgan fingerprint density at radius 2 is 1.64 bits per heavy atom. The number of nitriles is 1. The van der Waals surface area contributed by atoms with E-state index in [2.05, 4.69) is 0 Å². The molecule has 0 aromatic carbocycles. The first-order chi connectivity index (χ1) is 6.45. The third-order valence-corrected chi connectivity index (χ3v) is 1.92. The lowest BCUT2D eigenvalue weighted by molar-refractivity contribution is -0.367. The molecule has 0 saturated carbocycles. The first-order valence-corrected chi connectivity index (χ1v) is 4.05. The summed E-state index contributed by atoms with van der Waals surface area (Å²) >= 11 is 0. The molecule has 0 amide bonds. The Morgan fingerprint density at radius 1 is 1.14 bits per heavy atom. The van der Waals surface area contributed by atoms with E-state index in [1.165, 1.54) is 0 Å². The molecule has 7 heteroatoms. The lowest BCUT2D eigenvalue weighted by Crippen LogP contribution is -2.45. The second-order valence-corrected chi connectivity index (χ2v) is 3.05. The molecule has 0 N–H and O–H groups in total. The highest BCUT2D eigenvalue weighted by atomic mass is 19.4. The van der Waals surface area contributed by atoms with Crippen LogP contribution in [0, 0.1) is 11.3 Å². The third kappa shape index (κ3) is 3.47. The maximum atomic E-state index is 12.1. The number of unbranched alkanes of at least 4 members (excludes halogenated alkanes) is 2. The van der Waals surface area contributed by atoms with Crippen LogP contribution in [0.1, 0.15) is 32.6 Å². The quantitative estimate of drug-likeness (QED) is 0.294. The van der Waals surface area contributed by atoms with Gasteiger partial charge in [0.05, 0.1) is 6.07 Å². The van der Waals surface area contributed by atoms with Crippen molar-refractivity contribution in [3.05, 3.63) is 0 Å². The van der Waals surface area contributed by atoms with Gasteiger partial charge < -0.3 is 0 Å². The van der Waals surface area contributed by atoms with E-state index in [-0.39, 0.29) is 12.8 Å². The second kappa shape index (κ2) is 5.78. The van der Waals surface area contributed by atoms with E-state index >= 15 is 0 Å². The van der Waals surface area contributed by atoms with E-state index in [0.717, 1.165) is 6.92 Å². The maximum Gasteiger partial charge on any atom is 0.193 e. The fraction of sp³-hybridized carbons (Fsp3) is 0.857. The van der Waals surface area contributed by atoms with Gasteiger partial charge in [-0.1, -0.05) is 17.9 Å². The van der Waals surface area contributed by atoms with Crippen molar-refractivity contribution < 1.29 is 17.9 Å². The summed E-state index contributed by atoms with van der Waals surface area (Å²) in [5, 5.41) is 5.12. The topological polar surface area (TPSA) is 30.3 Å². The van der Waals surface area contributed by atoms with E-state index in [1.54, 1.807) is 0 Å². The SMILES string of the molecule is CC(CCCCC#N)(N(F)F)N(F)F. The van der Waals surface area contributed by atoms with Crippen molar-refractivity contribution in [1.82, 2.24) is 10.7 Å². The Hall–Kier alpha value is -0.870. The zero-order valence-corrected chi connectivity index (χ0v) is 7.68. The third-order valence-electron chi connectivity index (χ3n) is 1.92. The Bertz CT molecular complexity index is 194. The molecule has 0 aromatic heterocycles. The highest BCUT2D eigenvalue weighted by Crippen LogP contribution is 2.28. The predicted molar refractivity (Wildman–Crippen MR) is 40.6 cm³/mol. The molecule has 0 rings (SSSR count). The van der Waals surface area contributed by atoms with Crippen LogP contribution in [0.4, 0.5) is 17.9 Å². The van der Waals surface area contributed by atoms with Gasteiger partial charge in [-0.25, -0.2) is 0 Å². The number of nitrogens with zero attached hydrogens (tertiary/aromatic N) is 3. The summed E-state index contributed by atoms with van der Waals surface area (Å²) in [5.41, 5.74) is -2.56. The maximum absolute atomic E-state index is 12.1. The molecule has 0 aliphatic heterocycles. The van der Waals surface area contributed by atoms with Crippen molar-refractivity contribution in [3.8, 4) is 6.07 Å². The van der Waals surface area contributed by atoms with Crippen LogP contribution in [-0.4, -0.2) is 16.4 Å². The molecule has 0 unspecified atom stereocenters. The molecular weight excluding hydrogens is 202 g/mol. The van der Waals surface area contributed by atoms with Gasteiger partial charge in [-0.3, -0.25) is 0 Å². The summed E-state index contributed by atoms with van der Waals surface area (Å²) in [6, 6.07) is 1.81. The molecule has 0 radical (unpaired) electrons. The fourth-order valence-corrected chi connectivity index (χ4v) is 0.890. The Balaban J connectivity index is 4.06. The van der Waals surface area contributed by atoms with Crippen LogP contribution in [0.25, 0.3) is 0 Å². The van der Waals surface area contributed by atoms with Crippen LogP contribution >= 0.6 is 0 Å². The van der Waals surface area contributed by atoms with E-state index in [1.807, 2.05) is 6.07 Å². The molecule has 82 valence electrons. The summed E-state index contributed by atoms with van der Waals surface area (Å²) in [7, 11) is 0. The molecule has 0 fully saturated rings. The fourth-order valence-electron chi connectivity index (χ4n) is 0.890. The van der Waals surface area contributed by atoms with Crippen molar-refractivity contribution in [2.24, 2.45) is 0 Å². The van der Waals surface area contributed by atoms with Gasteiger partial charge in [0, 0.05) is 17.1 Å². The summed E-state index contributed by atoms with van der Waals surface area (Å²) in [4.78, 5) is 0. The molecule has 0 atom stereocenters. The van der Waals surface area contributed by atoms with Crippen LogP contribution in [0.15, 0.2) is 0 Å². The van der Waals surface area contributed by atoms with Crippen LogP contribution in [0.3, 0.4) is 0 Å². The first-order valence-electron chi connectivity index (χ1n) is 4.05. The van der Waals surface area contributed by atoms with Gasteiger partial charge in [0.1, 0.15) is 0 Å². The monoisotopic (exact) mass is 213 g/mol. The summed E-state index contributed by atoms with van der Waals surface area (Å²) < 4.78 is 48.4. The number of rotatable bonds is 6. The summed E-state index contributed by atoms with van der Waals surface area (Å²) in [5.74, 6) is 0. The predicted octanol–water partition coefficient (Wildman–Crippen LogP) is 2.93. The molecule has 0 aliphatic rings. The van der Waals surface area contributed by atoms with Crippen LogP contribution in [0.2, 0.25) is 0 Å². The normalized spacial score (nSPS) is 12.1. The molecule has 14 heavy (non-hydrogen) atoms. The Labute approximate surface area is 79.2 Å². The van der Waals surface area contributed by atoms with Crippen molar-refractivity contribution >= 4 is 0 Å². The lowest BCUT2D eigenvalue weighted by atomic mass is 10.1. The molecule has 0 heterocycles. The van der Waals surface area contributed by atoms with Crippen molar-refractivity contribution in [2.45, 2.75) is 38.3 Å². The van der Waals surface area contributed by atoms with E-state index in [9.17, 15) is 17.9 Å². The van der Waals surface area contributed by atoms with Crippen molar-refractivity contribution in [3.63, 3.8) is 0 Å². The van der Waals surface area contributed by atoms with Gasteiger partial charge in [-0.15, -0.1) is 0 Å². The average molecular weight is 213 g/mol. The molecule has 3 nitrogen and oxygen atoms in total. The summed E-state index contributed by atoms with van der Waals surface area (Å²) in [6.07, 6.45) is 0.286. The van der Waals surface area contributed by atoms with Gasteiger partial charge in [0.25, 0.3) is 0 Å². The average Bonchev–Trinajstić information content (AvgIpc) is 2.11. The minimum absolute atomic E-state index is 0.152. The van der Waals surface area contributed by atoms with Crippen molar-refractivity contribution in [1.29, 1.82) is 5.26 Å². The zero-order valence-electron chi connectivity index (χ0n) is 7.68. The van der Waals surface area contributed by atoms with Gasteiger partial charge in [-0.05, 0) is 26.2 Å². The van der Waals surface area contributed by atoms with Gasteiger partial charge in [-0.2, -0.15) is 5.26 Å². The first kappa shape index (κ1) is 13.1. The number of hydrogen-bond donors (Lipinski definition) is 0. The largest absolute Gasteiger partial charge is 0.198 e. The Kier molecular flexibility index (Phi) is 5.42. The zero-order chi connectivity index (χ0) is 11.2. The highest BCUT2D eigenvalue weighted by Gasteiger charge is 2.41. The van der Waals surface area contributed by atoms with E-state index in [0.29, 0.717) is 6.42 Å². The summed E-state index contributed by atoms with van der Waals surface area (Å²) in [6.45, 7) is 0.735. The smallest absolute Gasteiger partial charge is 0.193 e. The minimum atomic E-state index is -2.56. The molecule has 0 bridgehead atoms. The second-order valence-electron chi connectivity index (χ2n) is 3.05. The van der Waals surface area contributed by atoms with Gasteiger partial charge >= 0.3 is 0 Å². The molecule has 0 aliphatic carbocycles. The minimum Gasteiger partial charge on any atom is -0.198 e. The van der Waals surface area contributed by atoms with Crippen LogP contribution in [-0.2, 0) is 0 Å². The molecule has 0 aromatic rings. The van der Waals surface area contributed by atoms with E-state index in [4.69, 9.17) is 5.26 Å². The standard InChI is InChI=1S/C7H11F4N3/c1-7(13(8)9,14(10)11)5-3-2-4-6-12/h2-5H2,1H3. The Morgan fingerprint density at radius 3 is 2.00 bits per heavy atom. The molecule has 0 saturated heterocycles. The lowest BCUT2D eigenvalue weighted by Gasteiger charge is -2.28. The van der Waals surface area contributed by atoms with Crippen molar-refractivity contribution in [2.75, 3.05) is 0 Å². The highest BCUT2D eigenvalue weighted by molar-refractivity contribution is 4.74. The number of halogens is 4. The van der Waals surface area contributed by atoms with Gasteiger partial charge in [0.2, 0.25) is 0 Å². The van der Waals surface area contributed by atoms with Gasteiger partial charge in [0.15, 0.2) is 5.66 Å². The van der Waals surface area contributed by atoms with E-state index < -0.39 is 22.8 Å². The van der Waals surface area contributed by atoms with Crippen LogP contribution in [0.5, 0.6) is 0 Å². The van der Waals surface area contributed by atoms with Crippen LogP contribution < -0.4 is 0 Å². The molecule has 0 spiro atoms. The number of hydrogen-bond acceptors (Lipinski definition) is 3. The molecular formula is C7H11F4N3.